The molecular weight excluding hydrogens is 362 g/mol. The lowest BCUT2D eigenvalue weighted by Gasteiger charge is -2.16. The van der Waals surface area contributed by atoms with Crippen LogP contribution >= 0.6 is 12.2 Å². The Balaban J connectivity index is 2.01. The number of hydrogen-bond donors (Lipinski definition) is 3. The molecule has 1 aromatic heterocycles. The molecule has 27 heavy (non-hydrogen) atoms. The summed E-state index contributed by atoms with van der Waals surface area (Å²) in [7, 11) is 1.62. The van der Waals surface area contributed by atoms with E-state index in [4.69, 9.17) is 17.0 Å². The predicted molar refractivity (Wildman–Crippen MR) is 110 cm³/mol. The number of hydrogen-bond acceptors (Lipinski definition) is 4. The number of rotatable bonds is 6. The number of nitrogens with zero attached hydrogens (tertiary/aromatic N) is 2. The summed E-state index contributed by atoms with van der Waals surface area (Å²) in [6, 6.07) is 8.30. The Morgan fingerprint density at radius 1 is 1.22 bits per heavy atom. The van der Waals surface area contributed by atoms with Crippen LogP contribution in [0.5, 0.6) is 0 Å². The molecule has 2 aromatic rings. The van der Waals surface area contributed by atoms with Gasteiger partial charge in [-0.1, -0.05) is 29.8 Å². The first kappa shape index (κ1) is 20.9. The summed E-state index contributed by atoms with van der Waals surface area (Å²) >= 11 is 5.17. The van der Waals surface area contributed by atoms with Crippen molar-refractivity contribution in [2.24, 2.45) is 0 Å². The largest absolute Gasteiger partial charge is 0.383 e. The molecule has 0 saturated carbocycles. The number of benzene rings is 1. The highest BCUT2D eigenvalue weighted by Crippen LogP contribution is 2.15. The fourth-order valence-corrected chi connectivity index (χ4v) is 3.03. The number of carbonyl (C=O) groups excluding carboxylic acids is 1. The molecule has 2 rings (SSSR count). The average molecular weight is 390 g/mol. The number of amides is 1. The van der Waals surface area contributed by atoms with E-state index in [1.165, 1.54) is 5.56 Å². The maximum absolute atomic E-state index is 12.6. The van der Waals surface area contributed by atoms with Crippen LogP contribution in [0.2, 0.25) is 0 Å². The molecule has 0 fully saturated rings. The predicted octanol–water partition coefficient (Wildman–Crippen LogP) is 2.00. The molecule has 3 N–H and O–H groups in total. The molecule has 0 radical (unpaired) electrons. The summed E-state index contributed by atoms with van der Waals surface area (Å²) in [4.78, 5) is 12.6. The molecule has 1 heterocycles. The van der Waals surface area contributed by atoms with Gasteiger partial charge in [0.25, 0.3) is 5.91 Å². The Morgan fingerprint density at radius 3 is 2.52 bits per heavy atom. The minimum Gasteiger partial charge on any atom is -0.383 e. The van der Waals surface area contributed by atoms with Crippen LogP contribution in [0.4, 0.5) is 0 Å². The van der Waals surface area contributed by atoms with Gasteiger partial charge in [0.05, 0.1) is 24.4 Å². The van der Waals surface area contributed by atoms with E-state index >= 15 is 0 Å². The molecule has 7 nitrogen and oxygen atoms in total. The summed E-state index contributed by atoms with van der Waals surface area (Å²) in [6.07, 6.45) is 0. The van der Waals surface area contributed by atoms with Crippen molar-refractivity contribution in [1.82, 2.24) is 25.9 Å². The molecule has 0 aliphatic carbocycles. The Morgan fingerprint density at radius 2 is 1.89 bits per heavy atom. The van der Waals surface area contributed by atoms with Crippen molar-refractivity contribution in [2.45, 2.75) is 40.3 Å². The Kier molecular flexibility index (Phi) is 7.32. The first-order valence-corrected chi connectivity index (χ1v) is 9.18. The summed E-state index contributed by atoms with van der Waals surface area (Å²) in [5, 5.41) is 7.86. The smallest absolute Gasteiger partial charge is 0.273 e. The van der Waals surface area contributed by atoms with E-state index in [1.807, 2.05) is 25.5 Å². The molecule has 1 amide bonds. The number of nitrogens with one attached hydrogen (secondary N) is 3. The highest BCUT2D eigenvalue weighted by Gasteiger charge is 2.19. The van der Waals surface area contributed by atoms with E-state index < -0.39 is 0 Å². The molecular formula is C19H27N5O2S. The molecule has 0 bridgehead atoms. The van der Waals surface area contributed by atoms with E-state index in [-0.39, 0.29) is 11.9 Å². The molecule has 0 aliphatic rings. The monoisotopic (exact) mass is 389 g/mol. The van der Waals surface area contributed by atoms with Crippen LogP contribution in [0.15, 0.2) is 24.3 Å². The van der Waals surface area contributed by atoms with Crippen molar-refractivity contribution in [3.63, 3.8) is 0 Å². The molecule has 0 aliphatic heterocycles. The van der Waals surface area contributed by atoms with E-state index in [1.54, 1.807) is 7.11 Å². The minimum absolute atomic E-state index is 0.0348. The number of thiocarbonyl (C=S) groups is 1. The molecule has 1 aromatic carbocycles. The fraction of sp³-hybridized carbons (Fsp3) is 0.421. The first-order chi connectivity index (χ1) is 12.8. The van der Waals surface area contributed by atoms with Crippen molar-refractivity contribution in [3.8, 4) is 0 Å². The van der Waals surface area contributed by atoms with Gasteiger partial charge < -0.3 is 10.1 Å². The zero-order chi connectivity index (χ0) is 20.0. The standard InChI is InChI=1S/C19H27N5O2S/c1-12-6-8-16(9-7-12)10-24-15(4)17(14(3)23-24)18(25)21-22-19(27)20-13(2)11-26-5/h6-9,13H,10-11H2,1-5H3,(H,21,25)(H2,20,22,27)/t13-/m0/s1. The highest BCUT2D eigenvalue weighted by molar-refractivity contribution is 7.80. The van der Waals surface area contributed by atoms with Crippen molar-refractivity contribution in [1.29, 1.82) is 0 Å². The Hall–Kier alpha value is -2.45. The van der Waals surface area contributed by atoms with Gasteiger partial charge in [-0.15, -0.1) is 0 Å². The van der Waals surface area contributed by atoms with Gasteiger partial charge in [-0.2, -0.15) is 5.10 Å². The lowest BCUT2D eigenvalue weighted by Crippen LogP contribution is -2.50. The van der Waals surface area contributed by atoms with Gasteiger partial charge in [0.1, 0.15) is 0 Å². The Labute approximate surface area is 165 Å². The van der Waals surface area contributed by atoms with E-state index in [0.717, 1.165) is 11.3 Å². The van der Waals surface area contributed by atoms with Crippen molar-refractivity contribution >= 4 is 23.2 Å². The van der Waals surface area contributed by atoms with E-state index in [9.17, 15) is 4.79 Å². The lowest BCUT2D eigenvalue weighted by atomic mass is 10.1. The summed E-state index contributed by atoms with van der Waals surface area (Å²) in [5.41, 5.74) is 9.71. The minimum atomic E-state index is -0.274. The summed E-state index contributed by atoms with van der Waals surface area (Å²) in [5.74, 6) is -0.274. The van der Waals surface area contributed by atoms with Gasteiger partial charge in [0.15, 0.2) is 5.11 Å². The van der Waals surface area contributed by atoms with Gasteiger partial charge in [-0.25, -0.2) is 0 Å². The molecule has 0 saturated heterocycles. The topological polar surface area (TPSA) is 80.2 Å². The maximum atomic E-state index is 12.6. The number of hydrazine groups is 1. The first-order valence-electron chi connectivity index (χ1n) is 8.77. The summed E-state index contributed by atoms with van der Waals surface area (Å²) < 4.78 is 6.88. The molecule has 1 atom stereocenters. The van der Waals surface area contributed by atoms with Gasteiger partial charge in [-0.05, 0) is 45.5 Å². The van der Waals surface area contributed by atoms with Crippen LogP contribution in [0.3, 0.4) is 0 Å². The molecule has 0 unspecified atom stereocenters. The third kappa shape index (κ3) is 5.77. The van der Waals surface area contributed by atoms with E-state index in [0.29, 0.717) is 29.5 Å². The molecule has 8 heteroatoms. The highest BCUT2D eigenvalue weighted by atomic mass is 32.1. The van der Waals surface area contributed by atoms with Crippen LogP contribution in [-0.2, 0) is 11.3 Å². The van der Waals surface area contributed by atoms with Crippen LogP contribution in [0.25, 0.3) is 0 Å². The van der Waals surface area contributed by atoms with Crippen LogP contribution in [0.1, 0.15) is 39.8 Å². The third-order valence-electron chi connectivity index (χ3n) is 4.15. The van der Waals surface area contributed by atoms with Crippen LogP contribution in [0, 0.1) is 20.8 Å². The normalized spacial score (nSPS) is 11.7. The zero-order valence-electron chi connectivity index (χ0n) is 16.4. The van der Waals surface area contributed by atoms with E-state index in [2.05, 4.69) is 52.5 Å². The zero-order valence-corrected chi connectivity index (χ0v) is 17.2. The van der Waals surface area contributed by atoms with Gasteiger partial charge in [-0.3, -0.25) is 20.3 Å². The fourth-order valence-electron chi connectivity index (χ4n) is 2.77. The SMILES string of the molecule is COC[C@H](C)NC(=S)NNC(=O)c1c(C)nn(Cc2ccc(C)cc2)c1C. The van der Waals surface area contributed by atoms with Gasteiger partial charge >= 0.3 is 0 Å². The second kappa shape index (κ2) is 9.48. The number of carbonyl (C=O) groups is 1. The average Bonchev–Trinajstić information content (AvgIpc) is 2.88. The van der Waals surface area contributed by atoms with Gasteiger partial charge in [0.2, 0.25) is 0 Å². The van der Waals surface area contributed by atoms with Crippen molar-refractivity contribution < 1.29 is 9.53 Å². The summed E-state index contributed by atoms with van der Waals surface area (Å²) in [6.45, 7) is 8.83. The van der Waals surface area contributed by atoms with Crippen molar-refractivity contribution in [2.75, 3.05) is 13.7 Å². The van der Waals surface area contributed by atoms with Crippen molar-refractivity contribution in [3.05, 3.63) is 52.3 Å². The lowest BCUT2D eigenvalue weighted by molar-refractivity contribution is 0.0942. The number of ether oxygens (including phenoxy) is 1. The second-order valence-corrected chi connectivity index (χ2v) is 7.01. The second-order valence-electron chi connectivity index (χ2n) is 6.60. The number of methoxy groups -OCH3 is 1. The van der Waals surface area contributed by atoms with Crippen LogP contribution < -0.4 is 16.2 Å². The van der Waals surface area contributed by atoms with Gasteiger partial charge in [0, 0.05) is 18.8 Å². The maximum Gasteiger partial charge on any atom is 0.273 e. The number of aryl methyl sites for hydroxylation is 2. The Bertz CT molecular complexity index is 801. The molecule has 146 valence electrons. The number of aromatic nitrogens is 2. The molecule has 0 spiro atoms. The quantitative estimate of drug-likeness (QED) is 0.518. The third-order valence-corrected chi connectivity index (χ3v) is 4.37. The van der Waals surface area contributed by atoms with Crippen LogP contribution in [-0.4, -0.2) is 40.6 Å².